The highest BCUT2D eigenvalue weighted by molar-refractivity contribution is 7.07. The molecule has 0 saturated carbocycles. The van der Waals surface area contributed by atoms with Crippen molar-refractivity contribution in [3.05, 3.63) is 57.2 Å². The molecule has 20 heavy (non-hydrogen) atoms. The van der Waals surface area contributed by atoms with Crippen molar-refractivity contribution >= 4 is 22.9 Å². The van der Waals surface area contributed by atoms with Crippen LogP contribution in [-0.2, 0) is 6.42 Å². The van der Waals surface area contributed by atoms with Gasteiger partial charge in [-0.05, 0) is 61.2 Å². The standard InChI is InChI=1S/C17H22ClNS/c1-17(2,3)19-11-14(10-13-8-9-20-12-13)15-6-4-5-7-16(15)18/h4-9,12,14,19H,10-11H2,1-3H3. The summed E-state index contributed by atoms with van der Waals surface area (Å²) in [4.78, 5) is 0. The summed E-state index contributed by atoms with van der Waals surface area (Å²) in [6, 6.07) is 10.4. The Morgan fingerprint density at radius 3 is 2.55 bits per heavy atom. The van der Waals surface area contributed by atoms with Crippen LogP contribution < -0.4 is 5.32 Å². The fourth-order valence-corrected chi connectivity index (χ4v) is 3.19. The van der Waals surface area contributed by atoms with Crippen molar-refractivity contribution in [1.29, 1.82) is 0 Å². The average Bonchev–Trinajstić information content (AvgIpc) is 2.87. The number of nitrogens with one attached hydrogen (secondary N) is 1. The van der Waals surface area contributed by atoms with E-state index in [0.29, 0.717) is 5.92 Å². The largest absolute Gasteiger partial charge is 0.311 e. The molecule has 1 atom stereocenters. The highest BCUT2D eigenvalue weighted by Crippen LogP contribution is 2.28. The first-order valence-electron chi connectivity index (χ1n) is 6.96. The Kier molecular flexibility index (Phi) is 5.25. The van der Waals surface area contributed by atoms with Gasteiger partial charge in [-0.15, -0.1) is 0 Å². The second-order valence-corrected chi connectivity index (χ2v) is 7.37. The van der Waals surface area contributed by atoms with Gasteiger partial charge in [-0.25, -0.2) is 0 Å². The predicted octanol–water partition coefficient (Wildman–Crippen LogP) is 5.12. The van der Waals surface area contributed by atoms with Crippen molar-refractivity contribution in [3.63, 3.8) is 0 Å². The highest BCUT2D eigenvalue weighted by Gasteiger charge is 2.18. The Balaban J connectivity index is 2.17. The van der Waals surface area contributed by atoms with Crippen LogP contribution in [0.5, 0.6) is 0 Å². The Labute approximate surface area is 131 Å². The molecule has 0 fully saturated rings. The maximum Gasteiger partial charge on any atom is 0.0441 e. The van der Waals surface area contributed by atoms with Crippen molar-refractivity contribution in [2.24, 2.45) is 0 Å². The van der Waals surface area contributed by atoms with Crippen LogP contribution in [0.2, 0.25) is 5.02 Å². The Hall–Kier alpha value is -0.830. The van der Waals surface area contributed by atoms with Gasteiger partial charge in [-0.2, -0.15) is 11.3 Å². The van der Waals surface area contributed by atoms with Crippen LogP contribution in [0.1, 0.15) is 37.8 Å². The normalized spacial score (nSPS) is 13.4. The van der Waals surface area contributed by atoms with E-state index in [-0.39, 0.29) is 5.54 Å². The van der Waals surface area contributed by atoms with Gasteiger partial charge >= 0.3 is 0 Å². The van der Waals surface area contributed by atoms with Gasteiger partial charge in [0, 0.05) is 23.0 Å². The lowest BCUT2D eigenvalue weighted by molar-refractivity contribution is 0.405. The molecule has 108 valence electrons. The van der Waals surface area contributed by atoms with Gasteiger partial charge in [0.15, 0.2) is 0 Å². The van der Waals surface area contributed by atoms with E-state index in [4.69, 9.17) is 11.6 Å². The fraction of sp³-hybridized carbons (Fsp3) is 0.412. The highest BCUT2D eigenvalue weighted by atomic mass is 35.5. The van der Waals surface area contributed by atoms with Crippen LogP contribution in [-0.4, -0.2) is 12.1 Å². The van der Waals surface area contributed by atoms with Crippen LogP contribution >= 0.6 is 22.9 Å². The molecule has 1 nitrogen and oxygen atoms in total. The number of hydrogen-bond donors (Lipinski definition) is 1. The maximum absolute atomic E-state index is 6.38. The minimum atomic E-state index is 0.119. The van der Waals surface area contributed by atoms with Gasteiger partial charge in [0.1, 0.15) is 0 Å². The molecule has 0 amide bonds. The SMILES string of the molecule is CC(C)(C)NCC(Cc1ccsc1)c1ccccc1Cl. The van der Waals surface area contributed by atoms with Crippen LogP contribution in [0.15, 0.2) is 41.1 Å². The van der Waals surface area contributed by atoms with E-state index < -0.39 is 0 Å². The van der Waals surface area contributed by atoms with E-state index in [1.807, 2.05) is 12.1 Å². The molecule has 1 unspecified atom stereocenters. The fourth-order valence-electron chi connectivity index (χ4n) is 2.22. The Morgan fingerprint density at radius 2 is 1.95 bits per heavy atom. The van der Waals surface area contributed by atoms with Gasteiger partial charge in [0.25, 0.3) is 0 Å². The van der Waals surface area contributed by atoms with E-state index >= 15 is 0 Å². The third-order valence-corrected chi connectivity index (χ3v) is 4.36. The lowest BCUT2D eigenvalue weighted by Gasteiger charge is -2.26. The molecule has 1 aromatic heterocycles. The van der Waals surface area contributed by atoms with E-state index in [1.54, 1.807) is 11.3 Å². The minimum Gasteiger partial charge on any atom is -0.311 e. The molecule has 2 rings (SSSR count). The zero-order valence-electron chi connectivity index (χ0n) is 12.3. The van der Waals surface area contributed by atoms with E-state index in [9.17, 15) is 0 Å². The molecule has 2 aromatic rings. The monoisotopic (exact) mass is 307 g/mol. The lowest BCUT2D eigenvalue weighted by atomic mass is 9.92. The minimum absolute atomic E-state index is 0.119. The molecule has 1 heterocycles. The summed E-state index contributed by atoms with van der Waals surface area (Å²) >= 11 is 8.14. The first-order valence-corrected chi connectivity index (χ1v) is 8.28. The number of halogens is 1. The van der Waals surface area contributed by atoms with Crippen molar-refractivity contribution in [2.45, 2.75) is 38.6 Å². The van der Waals surface area contributed by atoms with Crippen molar-refractivity contribution in [2.75, 3.05) is 6.54 Å². The van der Waals surface area contributed by atoms with Crippen LogP contribution in [0.25, 0.3) is 0 Å². The molecule has 1 aromatic carbocycles. The van der Waals surface area contributed by atoms with Crippen molar-refractivity contribution in [1.82, 2.24) is 5.32 Å². The predicted molar refractivity (Wildman–Crippen MR) is 90.0 cm³/mol. The Bertz CT molecular complexity index is 528. The van der Waals surface area contributed by atoms with Crippen LogP contribution in [0.3, 0.4) is 0 Å². The number of benzene rings is 1. The summed E-state index contributed by atoms with van der Waals surface area (Å²) < 4.78 is 0. The first-order chi connectivity index (χ1) is 9.46. The third-order valence-electron chi connectivity index (χ3n) is 3.29. The van der Waals surface area contributed by atoms with Crippen LogP contribution in [0.4, 0.5) is 0 Å². The first kappa shape index (κ1) is 15.6. The summed E-state index contributed by atoms with van der Waals surface area (Å²) in [5, 5.41) is 8.83. The number of rotatable bonds is 5. The molecule has 0 spiro atoms. The van der Waals surface area contributed by atoms with E-state index in [0.717, 1.165) is 18.0 Å². The number of thiophene rings is 1. The second kappa shape index (κ2) is 6.75. The molecular weight excluding hydrogens is 286 g/mol. The molecule has 0 bridgehead atoms. The molecule has 0 aliphatic rings. The summed E-state index contributed by atoms with van der Waals surface area (Å²) in [5.41, 5.74) is 2.74. The van der Waals surface area contributed by atoms with Gasteiger partial charge < -0.3 is 5.32 Å². The summed E-state index contributed by atoms with van der Waals surface area (Å²) in [6.07, 6.45) is 1.02. The average molecular weight is 308 g/mol. The van der Waals surface area contributed by atoms with E-state index in [1.165, 1.54) is 11.1 Å². The van der Waals surface area contributed by atoms with Crippen molar-refractivity contribution < 1.29 is 0 Å². The maximum atomic E-state index is 6.38. The molecule has 0 radical (unpaired) electrons. The topological polar surface area (TPSA) is 12.0 Å². The van der Waals surface area contributed by atoms with E-state index in [2.05, 4.69) is 55.0 Å². The van der Waals surface area contributed by atoms with Gasteiger partial charge in [0.05, 0.1) is 0 Å². The van der Waals surface area contributed by atoms with Gasteiger partial charge in [-0.1, -0.05) is 29.8 Å². The Morgan fingerprint density at radius 1 is 1.20 bits per heavy atom. The van der Waals surface area contributed by atoms with Gasteiger partial charge in [0.2, 0.25) is 0 Å². The van der Waals surface area contributed by atoms with Gasteiger partial charge in [-0.3, -0.25) is 0 Å². The molecule has 0 aliphatic heterocycles. The molecule has 0 saturated heterocycles. The summed E-state index contributed by atoms with van der Waals surface area (Å²) in [7, 11) is 0. The smallest absolute Gasteiger partial charge is 0.0441 e. The molecule has 3 heteroatoms. The second-order valence-electron chi connectivity index (χ2n) is 6.19. The molecule has 0 aliphatic carbocycles. The summed E-state index contributed by atoms with van der Waals surface area (Å²) in [6.45, 7) is 7.52. The summed E-state index contributed by atoms with van der Waals surface area (Å²) in [5.74, 6) is 0.400. The van der Waals surface area contributed by atoms with Crippen LogP contribution in [0, 0.1) is 0 Å². The zero-order valence-corrected chi connectivity index (χ0v) is 13.9. The number of hydrogen-bond acceptors (Lipinski definition) is 2. The third kappa shape index (κ3) is 4.62. The molecular formula is C17H22ClNS. The van der Waals surface area contributed by atoms with Crippen molar-refractivity contribution in [3.8, 4) is 0 Å². The lowest BCUT2D eigenvalue weighted by Crippen LogP contribution is -2.39. The molecule has 1 N–H and O–H groups in total. The zero-order chi connectivity index (χ0) is 14.6. The quantitative estimate of drug-likeness (QED) is 0.809.